The van der Waals surface area contributed by atoms with Crippen LogP contribution in [-0.2, 0) is 0 Å². The second-order valence-electron chi connectivity index (χ2n) is 13.4. The molecular weight excluding hydrogens is 641 g/mol. The lowest BCUT2D eigenvalue weighted by Gasteiger charge is -2.28. The van der Waals surface area contributed by atoms with Gasteiger partial charge in [0.15, 0.2) is 0 Å². The molecule has 0 fully saturated rings. The minimum atomic E-state index is 1.09. The zero-order valence-corrected chi connectivity index (χ0v) is 29.7. The Balaban J connectivity index is 1.19. The van der Waals surface area contributed by atoms with E-state index in [2.05, 4.69) is 217 Å². The SMILES string of the molecule is C=Cc1c(/C=C\C)c2cc(-c3ccc(N(c4ccc5ccc6ccccc6c5c4)c4ccccc4-c4ccccc4)cc3)ccc2n1-c1ccccc1. The first-order valence-electron chi connectivity index (χ1n) is 18.2. The Bertz CT molecular complexity index is 2790. The highest BCUT2D eigenvalue weighted by atomic mass is 15.1. The van der Waals surface area contributed by atoms with Crippen LogP contribution < -0.4 is 4.90 Å². The predicted molar refractivity (Wildman–Crippen MR) is 229 cm³/mol. The first-order chi connectivity index (χ1) is 26.2. The van der Waals surface area contributed by atoms with Crippen LogP contribution in [0.2, 0.25) is 0 Å². The molecule has 53 heavy (non-hydrogen) atoms. The summed E-state index contributed by atoms with van der Waals surface area (Å²) < 4.78 is 2.30. The predicted octanol–water partition coefficient (Wildman–Crippen LogP) is 14.4. The fourth-order valence-corrected chi connectivity index (χ4v) is 7.80. The Hall–Kier alpha value is -6.90. The van der Waals surface area contributed by atoms with E-state index in [-0.39, 0.29) is 0 Å². The summed E-state index contributed by atoms with van der Waals surface area (Å²) in [5.74, 6) is 0. The van der Waals surface area contributed by atoms with Gasteiger partial charge in [0, 0.05) is 33.6 Å². The Morgan fingerprint density at radius 1 is 0.509 bits per heavy atom. The van der Waals surface area contributed by atoms with Crippen molar-refractivity contribution >= 4 is 61.7 Å². The van der Waals surface area contributed by atoms with Crippen LogP contribution in [0.15, 0.2) is 195 Å². The van der Waals surface area contributed by atoms with E-state index >= 15 is 0 Å². The van der Waals surface area contributed by atoms with E-state index in [0.29, 0.717) is 0 Å². The molecule has 1 heterocycles. The van der Waals surface area contributed by atoms with Crippen LogP contribution in [0.3, 0.4) is 0 Å². The molecule has 0 N–H and O–H groups in total. The summed E-state index contributed by atoms with van der Waals surface area (Å²) in [6.07, 6.45) is 6.27. The van der Waals surface area contributed by atoms with Crippen LogP contribution in [-0.4, -0.2) is 4.57 Å². The Morgan fingerprint density at radius 2 is 1.15 bits per heavy atom. The van der Waals surface area contributed by atoms with Crippen molar-refractivity contribution in [3.63, 3.8) is 0 Å². The Morgan fingerprint density at radius 3 is 1.92 bits per heavy atom. The van der Waals surface area contributed by atoms with Crippen LogP contribution in [0, 0.1) is 0 Å². The van der Waals surface area contributed by atoms with Crippen molar-refractivity contribution in [3.8, 4) is 27.9 Å². The van der Waals surface area contributed by atoms with Gasteiger partial charge in [-0.1, -0.05) is 146 Å². The van der Waals surface area contributed by atoms with E-state index in [9.17, 15) is 0 Å². The Labute approximate surface area is 310 Å². The standard InChI is InChI=1S/C51H38N2/c1-3-15-46-48-34-40(29-33-51(48)53(49(46)4-2)41-19-9-6-10-20-41)36-26-30-42(31-27-36)52(50-23-14-13-22-45(50)37-16-7-5-8-17-37)43-32-28-39-25-24-38-18-11-12-21-44(38)47(39)35-43/h3-35H,2H2,1H3/b15-3-. The lowest BCUT2D eigenvalue weighted by Crippen LogP contribution is -2.11. The number of anilines is 3. The summed E-state index contributed by atoms with van der Waals surface area (Å²) in [6, 6.07) is 65.7. The van der Waals surface area contributed by atoms with Gasteiger partial charge in [0.1, 0.15) is 0 Å². The third-order valence-corrected chi connectivity index (χ3v) is 10.3. The summed E-state index contributed by atoms with van der Waals surface area (Å²) in [4.78, 5) is 2.40. The van der Waals surface area contributed by atoms with Gasteiger partial charge in [0.05, 0.1) is 16.9 Å². The van der Waals surface area contributed by atoms with Gasteiger partial charge in [-0.15, -0.1) is 0 Å². The van der Waals surface area contributed by atoms with Gasteiger partial charge in [0.25, 0.3) is 0 Å². The minimum Gasteiger partial charge on any atom is -0.310 e. The van der Waals surface area contributed by atoms with Crippen LogP contribution in [0.4, 0.5) is 17.1 Å². The number of benzene rings is 8. The van der Waals surface area contributed by atoms with E-state index < -0.39 is 0 Å². The van der Waals surface area contributed by atoms with Crippen LogP contribution in [0.5, 0.6) is 0 Å². The first kappa shape index (κ1) is 32.0. The molecule has 0 unspecified atom stereocenters. The largest absolute Gasteiger partial charge is 0.310 e. The fourth-order valence-electron chi connectivity index (χ4n) is 7.80. The Kier molecular flexibility index (Phi) is 8.26. The highest BCUT2D eigenvalue weighted by molar-refractivity contribution is 6.09. The number of fused-ring (bicyclic) bond motifs is 4. The normalized spacial score (nSPS) is 11.5. The first-order valence-corrected chi connectivity index (χ1v) is 18.2. The molecule has 1 aromatic heterocycles. The molecule has 0 radical (unpaired) electrons. The number of allylic oxidation sites excluding steroid dienone is 1. The number of rotatable bonds is 8. The second-order valence-corrected chi connectivity index (χ2v) is 13.4. The van der Waals surface area contributed by atoms with Crippen molar-refractivity contribution in [2.75, 3.05) is 4.90 Å². The molecule has 9 rings (SSSR count). The van der Waals surface area contributed by atoms with Gasteiger partial charge < -0.3 is 9.47 Å². The van der Waals surface area contributed by atoms with Crippen molar-refractivity contribution in [2.45, 2.75) is 6.92 Å². The van der Waals surface area contributed by atoms with Gasteiger partial charge in [0.2, 0.25) is 0 Å². The van der Waals surface area contributed by atoms with E-state index in [1.54, 1.807) is 0 Å². The third kappa shape index (κ3) is 5.71. The summed E-state index contributed by atoms with van der Waals surface area (Å²) in [5, 5.41) is 6.17. The number of nitrogens with zero attached hydrogens (tertiary/aromatic N) is 2. The zero-order chi connectivity index (χ0) is 35.7. The number of para-hydroxylation sites is 2. The second kappa shape index (κ2) is 13.7. The number of hydrogen-bond acceptors (Lipinski definition) is 1. The van der Waals surface area contributed by atoms with Crippen LogP contribution >= 0.6 is 0 Å². The van der Waals surface area contributed by atoms with E-state index in [1.165, 1.54) is 49.2 Å². The molecule has 0 saturated heterocycles. The molecule has 8 aromatic carbocycles. The molecule has 0 amide bonds. The van der Waals surface area contributed by atoms with Crippen molar-refractivity contribution in [1.82, 2.24) is 4.57 Å². The van der Waals surface area contributed by atoms with E-state index in [0.717, 1.165) is 39.5 Å². The van der Waals surface area contributed by atoms with Crippen molar-refractivity contribution in [3.05, 3.63) is 206 Å². The topological polar surface area (TPSA) is 8.17 Å². The van der Waals surface area contributed by atoms with Gasteiger partial charge >= 0.3 is 0 Å². The van der Waals surface area contributed by atoms with Gasteiger partial charge in [-0.25, -0.2) is 0 Å². The summed E-state index contributed by atoms with van der Waals surface area (Å²) in [6.45, 7) is 6.28. The van der Waals surface area contributed by atoms with E-state index in [4.69, 9.17) is 0 Å². The lowest BCUT2D eigenvalue weighted by molar-refractivity contribution is 1.11. The van der Waals surface area contributed by atoms with Crippen LogP contribution in [0.25, 0.3) is 72.5 Å². The van der Waals surface area contributed by atoms with Gasteiger partial charge in [-0.05, 0) is 106 Å². The molecule has 0 aliphatic carbocycles. The molecular formula is C51H38N2. The van der Waals surface area contributed by atoms with E-state index in [1.807, 2.05) is 6.08 Å². The molecule has 252 valence electrons. The smallest absolute Gasteiger partial charge is 0.0541 e. The molecule has 9 aromatic rings. The average Bonchev–Trinajstić information content (AvgIpc) is 3.54. The lowest BCUT2D eigenvalue weighted by atomic mass is 9.98. The van der Waals surface area contributed by atoms with Crippen molar-refractivity contribution in [1.29, 1.82) is 0 Å². The maximum absolute atomic E-state index is 4.21. The van der Waals surface area contributed by atoms with Gasteiger partial charge in [-0.3, -0.25) is 0 Å². The quantitative estimate of drug-likeness (QED) is 0.145. The maximum Gasteiger partial charge on any atom is 0.0541 e. The van der Waals surface area contributed by atoms with Crippen molar-refractivity contribution < 1.29 is 0 Å². The van der Waals surface area contributed by atoms with Crippen LogP contribution in [0.1, 0.15) is 18.2 Å². The third-order valence-electron chi connectivity index (χ3n) is 10.3. The molecule has 0 aliphatic heterocycles. The monoisotopic (exact) mass is 678 g/mol. The minimum absolute atomic E-state index is 1.09. The molecule has 0 aliphatic rings. The molecule has 2 heteroatoms. The molecule has 0 bridgehead atoms. The van der Waals surface area contributed by atoms with Crippen molar-refractivity contribution in [2.24, 2.45) is 0 Å². The maximum atomic E-state index is 4.21. The highest BCUT2D eigenvalue weighted by Crippen LogP contribution is 2.43. The molecule has 2 nitrogen and oxygen atoms in total. The summed E-state index contributed by atoms with van der Waals surface area (Å²) in [5.41, 5.74) is 12.6. The zero-order valence-electron chi connectivity index (χ0n) is 29.7. The summed E-state index contributed by atoms with van der Waals surface area (Å²) in [7, 11) is 0. The fraction of sp³-hybridized carbons (Fsp3) is 0.0196. The number of aromatic nitrogens is 1. The number of hydrogen-bond donors (Lipinski definition) is 0. The highest BCUT2D eigenvalue weighted by Gasteiger charge is 2.19. The summed E-state index contributed by atoms with van der Waals surface area (Å²) >= 11 is 0. The average molecular weight is 679 g/mol. The molecule has 0 saturated carbocycles. The van der Waals surface area contributed by atoms with Gasteiger partial charge in [-0.2, -0.15) is 0 Å². The molecule has 0 atom stereocenters. The molecule has 0 spiro atoms.